The number of aromatic amines is 1. The predicted molar refractivity (Wildman–Crippen MR) is 144 cm³/mol. The summed E-state index contributed by atoms with van der Waals surface area (Å²) in [6.45, 7) is 4.12. The molecule has 0 saturated heterocycles. The number of hydrogen-bond acceptors (Lipinski definition) is 8. The number of hydrogen-bond donors (Lipinski definition) is 1. The molecule has 5 rings (SSSR count). The summed E-state index contributed by atoms with van der Waals surface area (Å²) in [5.74, 6) is -0.380. The van der Waals surface area contributed by atoms with E-state index in [1.165, 1.54) is 22.9 Å². The molecule has 0 saturated carbocycles. The lowest BCUT2D eigenvalue weighted by Gasteiger charge is -2.14. The van der Waals surface area contributed by atoms with Crippen LogP contribution in [0.2, 0.25) is 0 Å². The molecule has 0 atom stereocenters. The zero-order valence-corrected chi connectivity index (χ0v) is 22.7. The third-order valence-corrected chi connectivity index (χ3v) is 7.71. The maximum absolute atomic E-state index is 13.4. The van der Waals surface area contributed by atoms with E-state index in [-0.39, 0.29) is 34.9 Å². The van der Waals surface area contributed by atoms with Gasteiger partial charge in [-0.1, -0.05) is 25.5 Å². The van der Waals surface area contributed by atoms with Crippen LogP contribution in [-0.2, 0) is 22.0 Å². The number of H-pyrrole nitrogens is 1. The molecule has 0 bridgehead atoms. The molecule has 2 aromatic carbocycles. The Labute approximate surface area is 227 Å². The lowest BCUT2D eigenvalue weighted by atomic mass is 10.1. The Morgan fingerprint density at radius 3 is 2.28 bits per heavy atom. The van der Waals surface area contributed by atoms with Crippen LogP contribution in [0.25, 0.3) is 22.4 Å². The Hall–Kier alpha value is -4.03. The first-order chi connectivity index (χ1) is 18.6. The number of aromatic nitrogens is 4. The second-order valence-electron chi connectivity index (χ2n) is 8.87. The monoisotopic (exact) mass is 569 g/mol. The Kier molecular flexibility index (Phi) is 7.00. The summed E-state index contributed by atoms with van der Waals surface area (Å²) in [6, 6.07) is 10.7. The molecule has 13 heteroatoms. The second kappa shape index (κ2) is 10.3. The van der Waals surface area contributed by atoms with E-state index < -0.39 is 26.4 Å². The number of carbonyl (C=O) groups is 2. The number of carbonyl (C=O) groups excluding carboxylic acids is 2. The standard InChI is InChI=1S/C26H24ClN5O6S/c1-3-7-19-21-22(32(30-19)13-12-31-25(34)16-8-5-6-9-17(16)26(31)35)24(33)29-23(28-21)18-14-15(39(27,36)37)10-11-20(18)38-4-2/h5-6,8-11,14H,3-4,7,12-13H2,1-2H3,(H,28,29,33). The van der Waals surface area contributed by atoms with Crippen LogP contribution in [0.4, 0.5) is 0 Å². The van der Waals surface area contributed by atoms with Crippen molar-refractivity contribution in [3.05, 3.63) is 69.6 Å². The van der Waals surface area contributed by atoms with Gasteiger partial charge in [0.2, 0.25) is 0 Å². The molecule has 202 valence electrons. The first kappa shape index (κ1) is 26.6. The van der Waals surface area contributed by atoms with Crippen molar-refractivity contribution in [3.8, 4) is 17.1 Å². The first-order valence-electron chi connectivity index (χ1n) is 12.3. The van der Waals surface area contributed by atoms with Crippen LogP contribution < -0.4 is 10.3 Å². The van der Waals surface area contributed by atoms with Crippen molar-refractivity contribution >= 4 is 42.6 Å². The molecule has 1 aliphatic rings. The summed E-state index contributed by atoms with van der Waals surface area (Å²) in [4.78, 5) is 47.3. The van der Waals surface area contributed by atoms with Crippen LogP contribution in [0.1, 0.15) is 46.7 Å². The van der Waals surface area contributed by atoms with Crippen molar-refractivity contribution < 1.29 is 22.7 Å². The lowest BCUT2D eigenvalue weighted by molar-refractivity contribution is 0.0648. The Morgan fingerprint density at radius 1 is 0.974 bits per heavy atom. The molecule has 0 fully saturated rings. The van der Waals surface area contributed by atoms with Crippen LogP contribution in [0.15, 0.2) is 52.2 Å². The van der Waals surface area contributed by atoms with Crippen LogP contribution in [0.3, 0.4) is 0 Å². The van der Waals surface area contributed by atoms with Crippen molar-refractivity contribution in [1.82, 2.24) is 24.6 Å². The number of fused-ring (bicyclic) bond motifs is 2. The van der Waals surface area contributed by atoms with Crippen LogP contribution in [-0.4, -0.2) is 58.0 Å². The van der Waals surface area contributed by atoms with Crippen molar-refractivity contribution in [2.24, 2.45) is 0 Å². The Balaban J connectivity index is 1.56. The van der Waals surface area contributed by atoms with Crippen LogP contribution >= 0.6 is 10.7 Å². The van der Waals surface area contributed by atoms with Gasteiger partial charge in [-0.25, -0.2) is 13.4 Å². The fourth-order valence-electron chi connectivity index (χ4n) is 4.61. The summed E-state index contributed by atoms with van der Waals surface area (Å²) >= 11 is 0. The predicted octanol–water partition coefficient (Wildman–Crippen LogP) is 3.36. The number of aryl methyl sites for hydroxylation is 1. The topological polar surface area (TPSA) is 144 Å². The van der Waals surface area contributed by atoms with Gasteiger partial charge >= 0.3 is 0 Å². The van der Waals surface area contributed by atoms with E-state index in [1.807, 2.05) is 6.92 Å². The summed E-state index contributed by atoms with van der Waals surface area (Å²) in [6.07, 6.45) is 1.24. The number of nitrogens with one attached hydrogen (secondary N) is 1. The van der Waals surface area contributed by atoms with E-state index in [4.69, 9.17) is 15.4 Å². The van der Waals surface area contributed by atoms with Gasteiger partial charge in [-0.3, -0.25) is 24.0 Å². The molecule has 4 aromatic rings. The minimum Gasteiger partial charge on any atom is -0.493 e. The number of imide groups is 1. The van der Waals surface area contributed by atoms with E-state index in [1.54, 1.807) is 31.2 Å². The quantitative estimate of drug-likeness (QED) is 0.239. The van der Waals surface area contributed by atoms with E-state index >= 15 is 0 Å². The minimum atomic E-state index is -4.05. The van der Waals surface area contributed by atoms with Gasteiger partial charge in [0.1, 0.15) is 17.1 Å². The summed E-state index contributed by atoms with van der Waals surface area (Å²) < 4.78 is 31.0. The van der Waals surface area contributed by atoms with Gasteiger partial charge in [-0.15, -0.1) is 0 Å². The average molecular weight is 570 g/mol. The van der Waals surface area contributed by atoms with Crippen LogP contribution in [0, 0.1) is 0 Å². The number of amides is 2. The Bertz CT molecular complexity index is 1760. The number of benzene rings is 2. The average Bonchev–Trinajstić information content (AvgIpc) is 3.37. The highest BCUT2D eigenvalue weighted by molar-refractivity contribution is 8.13. The molecule has 11 nitrogen and oxygen atoms in total. The van der Waals surface area contributed by atoms with Crippen molar-refractivity contribution in [2.75, 3.05) is 13.2 Å². The second-order valence-corrected chi connectivity index (χ2v) is 11.4. The molecular weight excluding hydrogens is 546 g/mol. The van der Waals surface area contributed by atoms with Gasteiger partial charge in [-0.2, -0.15) is 5.10 Å². The third kappa shape index (κ3) is 4.81. The molecule has 3 heterocycles. The molecule has 2 aromatic heterocycles. The molecular formula is C26H24ClN5O6S. The highest BCUT2D eigenvalue weighted by Crippen LogP contribution is 2.32. The summed E-state index contributed by atoms with van der Waals surface area (Å²) in [7, 11) is 1.50. The number of ether oxygens (including phenoxy) is 1. The van der Waals surface area contributed by atoms with E-state index in [2.05, 4.69) is 15.1 Å². The van der Waals surface area contributed by atoms with Crippen molar-refractivity contribution in [1.29, 1.82) is 0 Å². The molecule has 0 spiro atoms. The minimum absolute atomic E-state index is 0.0139. The number of nitrogens with zero attached hydrogens (tertiary/aromatic N) is 4. The normalized spacial score (nSPS) is 13.4. The largest absolute Gasteiger partial charge is 0.493 e. The molecule has 39 heavy (non-hydrogen) atoms. The van der Waals surface area contributed by atoms with E-state index in [9.17, 15) is 22.8 Å². The Morgan fingerprint density at radius 2 is 1.67 bits per heavy atom. The van der Waals surface area contributed by atoms with Gasteiger partial charge in [0.15, 0.2) is 5.52 Å². The molecule has 0 radical (unpaired) electrons. The van der Waals surface area contributed by atoms with Gasteiger partial charge in [0.05, 0.1) is 40.4 Å². The molecule has 0 aliphatic carbocycles. The van der Waals surface area contributed by atoms with Gasteiger partial charge in [0, 0.05) is 17.2 Å². The molecule has 1 N–H and O–H groups in total. The third-order valence-electron chi connectivity index (χ3n) is 6.36. The van der Waals surface area contributed by atoms with Gasteiger partial charge in [0.25, 0.3) is 26.4 Å². The van der Waals surface area contributed by atoms with Gasteiger partial charge in [-0.05, 0) is 43.7 Å². The van der Waals surface area contributed by atoms with E-state index in [0.717, 1.165) is 11.3 Å². The maximum Gasteiger partial charge on any atom is 0.277 e. The summed E-state index contributed by atoms with van der Waals surface area (Å²) in [5, 5.41) is 4.59. The smallest absolute Gasteiger partial charge is 0.277 e. The van der Waals surface area contributed by atoms with Crippen molar-refractivity contribution in [3.63, 3.8) is 0 Å². The maximum atomic E-state index is 13.4. The highest BCUT2D eigenvalue weighted by atomic mass is 35.7. The number of rotatable bonds is 9. The molecule has 2 amide bonds. The van der Waals surface area contributed by atoms with Crippen LogP contribution in [0.5, 0.6) is 5.75 Å². The summed E-state index contributed by atoms with van der Waals surface area (Å²) in [5.41, 5.74) is 1.48. The fourth-order valence-corrected chi connectivity index (χ4v) is 5.39. The van der Waals surface area contributed by atoms with Gasteiger partial charge < -0.3 is 9.72 Å². The van der Waals surface area contributed by atoms with E-state index in [0.29, 0.717) is 41.1 Å². The fraction of sp³-hybridized carbons (Fsp3) is 0.269. The number of halogens is 1. The first-order valence-corrected chi connectivity index (χ1v) is 14.6. The molecule has 1 aliphatic heterocycles. The highest BCUT2D eigenvalue weighted by Gasteiger charge is 2.35. The zero-order valence-electron chi connectivity index (χ0n) is 21.1. The molecule has 0 unspecified atom stereocenters. The zero-order chi connectivity index (χ0) is 27.9. The van der Waals surface area contributed by atoms with Crippen molar-refractivity contribution in [2.45, 2.75) is 38.1 Å². The SMILES string of the molecule is CCCc1nn(CCN2C(=O)c3ccccc3C2=O)c2c(=O)[nH]c(-c3cc(S(=O)(=O)Cl)ccc3OCC)nc12. The lowest BCUT2D eigenvalue weighted by Crippen LogP contribution is -2.33.